The average molecular weight is 517 g/mol. The number of benzene rings is 4. The maximum Gasteiger partial charge on any atom is 0.329 e. The molecule has 7 heteroatoms. The molecule has 0 aliphatic carbocycles. The minimum Gasteiger partial charge on any atom is -0.488 e. The van der Waals surface area contributed by atoms with Crippen molar-refractivity contribution in [3.05, 3.63) is 117 Å². The van der Waals surface area contributed by atoms with Crippen LogP contribution >= 0.6 is 23.2 Å². The number of imide groups is 1. The van der Waals surface area contributed by atoms with E-state index in [0.29, 0.717) is 21.4 Å². The number of ether oxygens (including phenoxy) is 1. The van der Waals surface area contributed by atoms with Gasteiger partial charge in [-0.05, 0) is 47.5 Å². The standard InChI is InChI=1S/C29H22Cl2N2O3/c1-18-5-4-6-19(13-18)16-33-28(34)26(32-29(33)35)15-24-23-8-3-2-7-20(23)10-12-27(24)36-17-21-9-11-22(30)14-25(21)31/h2-15H,16-17H2,1H3,(H,32,35)/b26-15+. The van der Waals surface area contributed by atoms with Crippen molar-refractivity contribution in [2.45, 2.75) is 20.1 Å². The van der Waals surface area contributed by atoms with Crippen molar-refractivity contribution in [3.63, 3.8) is 0 Å². The van der Waals surface area contributed by atoms with E-state index in [2.05, 4.69) is 5.32 Å². The van der Waals surface area contributed by atoms with E-state index in [1.807, 2.05) is 73.7 Å². The maximum atomic E-state index is 13.2. The first kappa shape index (κ1) is 23.9. The minimum atomic E-state index is -0.455. The van der Waals surface area contributed by atoms with Gasteiger partial charge in [-0.1, -0.05) is 89.4 Å². The Morgan fingerprint density at radius 3 is 2.58 bits per heavy atom. The summed E-state index contributed by atoms with van der Waals surface area (Å²) >= 11 is 12.3. The number of carbonyl (C=O) groups excluding carboxylic acids is 2. The molecule has 4 aromatic carbocycles. The van der Waals surface area contributed by atoms with Crippen LogP contribution in [-0.4, -0.2) is 16.8 Å². The van der Waals surface area contributed by atoms with Crippen molar-refractivity contribution in [1.82, 2.24) is 10.2 Å². The van der Waals surface area contributed by atoms with Crippen LogP contribution in [0.5, 0.6) is 5.75 Å². The molecule has 5 nitrogen and oxygen atoms in total. The third-order valence-corrected chi connectivity index (χ3v) is 6.59. The maximum absolute atomic E-state index is 13.2. The molecule has 1 saturated heterocycles. The van der Waals surface area contributed by atoms with E-state index in [1.165, 1.54) is 4.90 Å². The van der Waals surface area contributed by atoms with Gasteiger partial charge in [0, 0.05) is 21.2 Å². The van der Waals surface area contributed by atoms with Crippen LogP contribution in [0.25, 0.3) is 16.8 Å². The Kier molecular flexibility index (Phi) is 6.68. The number of nitrogens with one attached hydrogen (secondary N) is 1. The molecule has 0 aromatic heterocycles. The topological polar surface area (TPSA) is 58.6 Å². The Balaban J connectivity index is 1.48. The SMILES string of the molecule is Cc1cccc(CN2C(=O)N/C(=C/c3c(OCc4ccc(Cl)cc4Cl)ccc4ccccc34)C2=O)c1. The summed E-state index contributed by atoms with van der Waals surface area (Å²) in [7, 11) is 0. The number of urea groups is 1. The Morgan fingerprint density at radius 2 is 1.78 bits per heavy atom. The molecule has 0 radical (unpaired) electrons. The van der Waals surface area contributed by atoms with Crippen LogP contribution in [-0.2, 0) is 17.9 Å². The van der Waals surface area contributed by atoms with Gasteiger partial charge >= 0.3 is 6.03 Å². The molecule has 0 atom stereocenters. The Morgan fingerprint density at radius 1 is 0.944 bits per heavy atom. The predicted molar refractivity (Wildman–Crippen MR) is 143 cm³/mol. The van der Waals surface area contributed by atoms with Gasteiger partial charge in [-0.3, -0.25) is 9.69 Å². The molecular formula is C29H22Cl2N2O3. The van der Waals surface area contributed by atoms with Crippen molar-refractivity contribution in [2.75, 3.05) is 0 Å². The van der Waals surface area contributed by atoms with E-state index in [0.717, 1.165) is 27.5 Å². The summed E-state index contributed by atoms with van der Waals surface area (Å²) in [5.41, 5.74) is 3.61. The molecule has 1 aliphatic rings. The highest BCUT2D eigenvalue weighted by Crippen LogP contribution is 2.32. The van der Waals surface area contributed by atoms with E-state index >= 15 is 0 Å². The number of carbonyl (C=O) groups is 2. The molecule has 36 heavy (non-hydrogen) atoms. The second kappa shape index (κ2) is 10.1. The molecule has 1 aliphatic heterocycles. The van der Waals surface area contributed by atoms with Gasteiger partial charge in [0.15, 0.2) is 0 Å². The summed E-state index contributed by atoms with van der Waals surface area (Å²) < 4.78 is 6.15. The number of aryl methyl sites for hydroxylation is 1. The van der Waals surface area contributed by atoms with Gasteiger partial charge in [-0.15, -0.1) is 0 Å². The fraction of sp³-hybridized carbons (Fsp3) is 0.103. The van der Waals surface area contributed by atoms with Crippen molar-refractivity contribution in [2.24, 2.45) is 0 Å². The highest BCUT2D eigenvalue weighted by Gasteiger charge is 2.33. The van der Waals surface area contributed by atoms with E-state index in [1.54, 1.807) is 18.2 Å². The minimum absolute atomic E-state index is 0.192. The summed E-state index contributed by atoms with van der Waals surface area (Å²) in [6, 6.07) is 24.1. The highest BCUT2D eigenvalue weighted by molar-refractivity contribution is 6.35. The van der Waals surface area contributed by atoms with Gasteiger partial charge in [0.05, 0.1) is 6.54 Å². The first-order valence-electron chi connectivity index (χ1n) is 11.4. The van der Waals surface area contributed by atoms with Crippen LogP contribution in [0.3, 0.4) is 0 Å². The lowest BCUT2D eigenvalue weighted by molar-refractivity contribution is -0.123. The van der Waals surface area contributed by atoms with Crippen LogP contribution < -0.4 is 10.1 Å². The second-order valence-electron chi connectivity index (χ2n) is 8.59. The zero-order valence-electron chi connectivity index (χ0n) is 19.4. The van der Waals surface area contributed by atoms with Crippen molar-refractivity contribution >= 4 is 52.0 Å². The van der Waals surface area contributed by atoms with Gasteiger partial charge in [0.25, 0.3) is 5.91 Å². The largest absolute Gasteiger partial charge is 0.488 e. The molecule has 180 valence electrons. The van der Waals surface area contributed by atoms with Crippen molar-refractivity contribution in [3.8, 4) is 5.75 Å². The van der Waals surface area contributed by atoms with Crippen molar-refractivity contribution in [1.29, 1.82) is 0 Å². The van der Waals surface area contributed by atoms with Crippen LogP contribution in [0, 0.1) is 6.92 Å². The number of fused-ring (bicyclic) bond motifs is 1. The molecule has 0 spiro atoms. The lowest BCUT2D eigenvalue weighted by Gasteiger charge is -2.14. The second-order valence-corrected chi connectivity index (χ2v) is 9.44. The predicted octanol–water partition coefficient (Wildman–Crippen LogP) is 7.13. The number of amides is 3. The lowest BCUT2D eigenvalue weighted by atomic mass is 10.0. The van der Waals surface area contributed by atoms with E-state index in [-0.39, 0.29) is 24.8 Å². The molecule has 4 aromatic rings. The van der Waals surface area contributed by atoms with Crippen LogP contribution in [0.15, 0.2) is 84.6 Å². The number of rotatable bonds is 6. The fourth-order valence-electron chi connectivity index (χ4n) is 4.20. The molecule has 3 amide bonds. The first-order valence-corrected chi connectivity index (χ1v) is 12.1. The molecule has 1 heterocycles. The summed E-state index contributed by atoms with van der Waals surface area (Å²) in [6.07, 6.45) is 1.68. The van der Waals surface area contributed by atoms with Crippen LogP contribution in [0.1, 0.15) is 22.3 Å². The molecule has 0 bridgehead atoms. The van der Waals surface area contributed by atoms with E-state index in [9.17, 15) is 9.59 Å². The van der Waals surface area contributed by atoms with Gasteiger partial charge in [0.2, 0.25) is 0 Å². The summed E-state index contributed by atoms with van der Waals surface area (Å²) in [4.78, 5) is 27.1. The van der Waals surface area contributed by atoms with Gasteiger partial charge in [0.1, 0.15) is 18.1 Å². The monoisotopic (exact) mass is 516 g/mol. The zero-order chi connectivity index (χ0) is 25.2. The van der Waals surface area contributed by atoms with Crippen molar-refractivity contribution < 1.29 is 14.3 Å². The number of halogens is 2. The van der Waals surface area contributed by atoms with Crippen LogP contribution in [0.4, 0.5) is 4.79 Å². The third kappa shape index (κ3) is 4.94. The molecule has 1 fully saturated rings. The zero-order valence-corrected chi connectivity index (χ0v) is 20.9. The summed E-state index contributed by atoms with van der Waals surface area (Å²) in [5.74, 6) is 0.174. The van der Waals surface area contributed by atoms with Crippen LogP contribution in [0.2, 0.25) is 10.0 Å². The normalized spacial score (nSPS) is 14.5. The van der Waals surface area contributed by atoms with Gasteiger partial charge in [-0.25, -0.2) is 4.79 Å². The fourth-order valence-corrected chi connectivity index (χ4v) is 4.66. The Bertz CT molecular complexity index is 1530. The number of hydrogen-bond acceptors (Lipinski definition) is 3. The van der Waals surface area contributed by atoms with Gasteiger partial charge in [-0.2, -0.15) is 0 Å². The van der Waals surface area contributed by atoms with Gasteiger partial charge < -0.3 is 10.1 Å². The highest BCUT2D eigenvalue weighted by atomic mass is 35.5. The smallest absolute Gasteiger partial charge is 0.329 e. The third-order valence-electron chi connectivity index (χ3n) is 6.00. The molecular weight excluding hydrogens is 495 g/mol. The number of hydrogen-bond donors (Lipinski definition) is 1. The average Bonchev–Trinajstić information content (AvgIpc) is 3.12. The summed E-state index contributed by atoms with van der Waals surface area (Å²) in [5, 5.41) is 5.65. The quantitative estimate of drug-likeness (QED) is 0.219. The summed E-state index contributed by atoms with van der Waals surface area (Å²) in [6.45, 7) is 2.38. The molecule has 0 saturated carbocycles. The van der Waals surface area contributed by atoms with E-state index < -0.39 is 6.03 Å². The number of nitrogens with zero attached hydrogens (tertiary/aromatic N) is 1. The van der Waals surface area contributed by atoms with E-state index in [4.69, 9.17) is 27.9 Å². The first-order chi connectivity index (χ1) is 17.4. The molecule has 1 N–H and O–H groups in total. The molecule has 0 unspecified atom stereocenters. The molecule has 5 rings (SSSR count). The Labute approximate surface area is 218 Å². The lowest BCUT2D eigenvalue weighted by Crippen LogP contribution is -2.30. The Hall–Kier alpha value is -3.80.